The molecule has 0 aromatic heterocycles. The monoisotopic (exact) mass is 145 g/mol. The van der Waals surface area contributed by atoms with Gasteiger partial charge in [-0.25, -0.2) is 0 Å². The van der Waals surface area contributed by atoms with Crippen LogP contribution in [-0.4, -0.2) is 36.8 Å². The van der Waals surface area contributed by atoms with Gasteiger partial charge in [-0.2, -0.15) is 0 Å². The number of nitrogens with zero attached hydrogens (tertiary/aromatic N) is 1. The zero-order valence-electron chi connectivity index (χ0n) is 7.46. The normalized spacial score (nSPS) is 17.4. The fraction of sp³-hybridized carbons (Fsp3) is 1.00. The lowest BCUT2D eigenvalue weighted by molar-refractivity contribution is 0.125. The van der Waals surface area contributed by atoms with Crippen LogP contribution in [0.3, 0.4) is 0 Å². The van der Waals surface area contributed by atoms with E-state index in [1.54, 1.807) is 0 Å². The fourth-order valence-corrected chi connectivity index (χ4v) is 1.12. The Labute approximate surface area is 63.8 Å². The molecule has 0 aliphatic rings. The van der Waals surface area contributed by atoms with Crippen molar-refractivity contribution in [2.75, 3.05) is 20.7 Å². The molecule has 2 nitrogen and oxygen atoms in total. The summed E-state index contributed by atoms with van der Waals surface area (Å²) >= 11 is 0. The van der Waals surface area contributed by atoms with Crippen LogP contribution in [-0.2, 0) is 0 Å². The number of likely N-dealkylation sites (N-methyl/N-ethyl adjacent to an activating group) is 1. The summed E-state index contributed by atoms with van der Waals surface area (Å²) in [4.78, 5) is 2.08. The molecule has 0 saturated heterocycles. The van der Waals surface area contributed by atoms with Crippen molar-refractivity contribution in [1.82, 2.24) is 4.90 Å². The molecule has 0 aromatic carbocycles. The number of hydrogen-bond acceptors (Lipinski definition) is 2. The second kappa shape index (κ2) is 4.69. The molecule has 0 fully saturated rings. The molecule has 10 heavy (non-hydrogen) atoms. The van der Waals surface area contributed by atoms with Crippen LogP contribution in [0.1, 0.15) is 20.3 Å². The molecule has 0 aromatic rings. The van der Waals surface area contributed by atoms with Crippen LogP contribution in [0.15, 0.2) is 0 Å². The zero-order chi connectivity index (χ0) is 8.15. The Morgan fingerprint density at radius 1 is 1.40 bits per heavy atom. The molecule has 0 amide bonds. The summed E-state index contributed by atoms with van der Waals surface area (Å²) in [5.41, 5.74) is 0. The average Bonchev–Trinajstić information content (AvgIpc) is 1.88. The third-order valence-electron chi connectivity index (χ3n) is 2.15. The van der Waals surface area contributed by atoms with Gasteiger partial charge in [0.25, 0.3) is 0 Å². The van der Waals surface area contributed by atoms with Crippen LogP contribution in [0, 0.1) is 5.92 Å². The summed E-state index contributed by atoms with van der Waals surface area (Å²) in [6.45, 7) is 4.58. The van der Waals surface area contributed by atoms with Crippen molar-refractivity contribution in [3.63, 3.8) is 0 Å². The van der Waals surface area contributed by atoms with E-state index in [9.17, 15) is 0 Å². The van der Waals surface area contributed by atoms with E-state index in [0.717, 1.165) is 6.42 Å². The van der Waals surface area contributed by atoms with Gasteiger partial charge >= 0.3 is 0 Å². The molecule has 1 N–H and O–H groups in total. The van der Waals surface area contributed by atoms with Crippen LogP contribution in [0.25, 0.3) is 0 Å². The Hall–Kier alpha value is -0.0800. The molecule has 0 bridgehead atoms. The molecular formula is C8H19NO. The fourth-order valence-electron chi connectivity index (χ4n) is 1.12. The molecule has 0 spiro atoms. The van der Waals surface area contributed by atoms with Crippen LogP contribution < -0.4 is 0 Å². The number of rotatable bonds is 4. The van der Waals surface area contributed by atoms with Gasteiger partial charge in [-0.05, 0) is 20.0 Å². The van der Waals surface area contributed by atoms with Crippen molar-refractivity contribution in [2.45, 2.75) is 26.3 Å². The second-order valence-corrected chi connectivity index (χ2v) is 3.10. The second-order valence-electron chi connectivity index (χ2n) is 3.10. The Balaban J connectivity index is 3.80. The Morgan fingerprint density at radius 2 is 1.90 bits per heavy atom. The molecule has 0 unspecified atom stereocenters. The minimum atomic E-state index is 0.266. The standard InChI is InChI=1S/C8H19NO/c1-5-7(2)8(6-10)9(3)4/h7-8,10H,5-6H2,1-4H3/t7-,8+/m0/s1. The maximum atomic E-state index is 8.96. The Bertz CT molecular complexity index is 83.3. The molecule has 0 aliphatic carbocycles. The van der Waals surface area contributed by atoms with Crippen molar-refractivity contribution < 1.29 is 5.11 Å². The van der Waals surface area contributed by atoms with Crippen LogP contribution in [0.5, 0.6) is 0 Å². The first-order valence-electron chi connectivity index (χ1n) is 3.90. The summed E-state index contributed by atoms with van der Waals surface area (Å²) in [5, 5.41) is 8.96. The predicted molar refractivity (Wildman–Crippen MR) is 44.0 cm³/mol. The van der Waals surface area contributed by atoms with Crippen LogP contribution in [0.4, 0.5) is 0 Å². The summed E-state index contributed by atoms with van der Waals surface area (Å²) < 4.78 is 0. The highest BCUT2D eigenvalue weighted by molar-refractivity contribution is 4.70. The number of hydrogen-bond donors (Lipinski definition) is 1. The molecule has 0 rings (SSSR count). The van der Waals surface area contributed by atoms with Gasteiger partial charge in [0.15, 0.2) is 0 Å². The zero-order valence-corrected chi connectivity index (χ0v) is 7.46. The smallest absolute Gasteiger partial charge is 0.0589 e. The van der Waals surface area contributed by atoms with Gasteiger partial charge in [-0.1, -0.05) is 20.3 Å². The SMILES string of the molecule is CC[C@H](C)[C@@H](CO)N(C)C. The molecule has 2 heteroatoms. The first-order valence-corrected chi connectivity index (χ1v) is 3.90. The molecule has 0 heterocycles. The highest BCUT2D eigenvalue weighted by Gasteiger charge is 2.15. The van der Waals surface area contributed by atoms with E-state index in [1.807, 2.05) is 14.1 Å². The summed E-state index contributed by atoms with van der Waals surface area (Å²) in [6.07, 6.45) is 1.13. The number of aliphatic hydroxyl groups is 1. The van der Waals surface area contributed by atoms with Crippen LogP contribution >= 0.6 is 0 Å². The predicted octanol–water partition coefficient (Wildman–Crippen LogP) is 0.955. The van der Waals surface area contributed by atoms with Gasteiger partial charge in [-0.3, -0.25) is 0 Å². The van der Waals surface area contributed by atoms with E-state index in [1.165, 1.54) is 0 Å². The minimum absolute atomic E-state index is 0.266. The molecule has 0 saturated carbocycles. The molecular weight excluding hydrogens is 126 g/mol. The Morgan fingerprint density at radius 3 is 2.00 bits per heavy atom. The maximum absolute atomic E-state index is 8.96. The largest absolute Gasteiger partial charge is 0.395 e. The quantitative estimate of drug-likeness (QED) is 0.637. The van der Waals surface area contributed by atoms with Crippen molar-refractivity contribution in [3.05, 3.63) is 0 Å². The van der Waals surface area contributed by atoms with Crippen molar-refractivity contribution >= 4 is 0 Å². The summed E-state index contributed by atoms with van der Waals surface area (Å²) in [5.74, 6) is 0.583. The van der Waals surface area contributed by atoms with E-state index in [-0.39, 0.29) is 6.61 Å². The maximum Gasteiger partial charge on any atom is 0.0589 e. The van der Waals surface area contributed by atoms with Gasteiger partial charge < -0.3 is 10.0 Å². The van der Waals surface area contributed by atoms with E-state index in [4.69, 9.17) is 5.11 Å². The average molecular weight is 145 g/mol. The molecule has 62 valence electrons. The van der Waals surface area contributed by atoms with Gasteiger partial charge in [0, 0.05) is 6.04 Å². The third-order valence-corrected chi connectivity index (χ3v) is 2.15. The van der Waals surface area contributed by atoms with Gasteiger partial charge in [0.1, 0.15) is 0 Å². The van der Waals surface area contributed by atoms with Gasteiger partial charge in [-0.15, -0.1) is 0 Å². The first kappa shape index (κ1) is 9.92. The van der Waals surface area contributed by atoms with E-state index in [2.05, 4.69) is 18.7 Å². The highest BCUT2D eigenvalue weighted by atomic mass is 16.3. The molecule has 0 aliphatic heterocycles. The van der Waals surface area contributed by atoms with Crippen molar-refractivity contribution in [2.24, 2.45) is 5.92 Å². The topological polar surface area (TPSA) is 23.5 Å². The summed E-state index contributed by atoms with van der Waals surface area (Å²) in [6, 6.07) is 0.324. The first-order chi connectivity index (χ1) is 4.63. The van der Waals surface area contributed by atoms with Crippen LogP contribution in [0.2, 0.25) is 0 Å². The van der Waals surface area contributed by atoms with E-state index < -0.39 is 0 Å². The van der Waals surface area contributed by atoms with Gasteiger partial charge in [0.05, 0.1) is 6.61 Å². The van der Waals surface area contributed by atoms with E-state index in [0.29, 0.717) is 12.0 Å². The minimum Gasteiger partial charge on any atom is -0.395 e. The Kier molecular flexibility index (Phi) is 4.65. The van der Waals surface area contributed by atoms with E-state index >= 15 is 0 Å². The molecule has 0 radical (unpaired) electrons. The highest BCUT2D eigenvalue weighted by Crippen LogP contribution is 2.10. The third kappa shape index (κ3) is 2.67. The lowest BCUT2D eigenvalue weighted by Crippen LogP contribution is -2.36. The van der Waals surface area contributed by atoms with Gasteiger partial charge in [0.2, 0.25) is 0 Å². The van der Waals surface area contributed by atoms with Crippen molar-refractivity contribution in [1.29, 1.82) is 0 Å². The lowest BCUT2D eigenvalue weighted by Gasteiger charge is -2.27. The lowest BCUT2D eigenvalue weighted by atomic mass is 9.99. The van der Waals surface area contributed by atoms with Crippen molar-refractivity contribution in [3.8, 4) is 0 Å². The molecule has 2 atom stereocenters. The number of aliphatic hydroxyl groups excluding tert-OH is 1. The summed E-state index contributed by atoms with van der Waals surface area (Å²) in [7, 11) is 4.01.